The maximum atomic E-state index is 13.2. The van der Waals surface area contributed by atoms with Gasteiger partial charge in [0, 0.05) is 0 Å². The average Bonchev–Trinajstić information content (AvgIpc) is 2.37. The fourth-order valence-electron chi connectivity index (χ4n) is 2.16. The van der Waals surface area contributed by atoms with Crippen molar-refractivity contribution < 1.29 is 8.78 Å². The molecule has 0 spiro atoms. The van der Waals surface area contributed by atoms with E-state index in [0.29, 0.717) is 0 Å². The summed E-state index contributed by atoms with van der Waals surface area (Å²) >= 11 is 5.80. The predicted molar refractivity (Wildman–Crippen MR) is 73.4 cm³/mol. The Morgan fingerprint density at radius 3 is 2.42 bits per heavy atom. The summed E-state index contributed by atoms with van der Waals surface area (Å²) in [5, 5.41) is 3.22. The summed E-state index contributed by atoms with van der Waals surface area (Å²) in [6.07, 6.45) is 0. The molecule has 0 aliphatic rings. The first-order chi connectivity index (χ1) is 9.02. The first-order valence-electron chi connectivity index (χ1n) is 5.91. The molecule has 19 heavy (non-hydrogen) atoms. The number of aryl methyl sites for hydroxylation is 1. The molecule has 0 fully saturated rings. The van der Waals surface area contributed by atoms with Crippen molar-refractivity contribution in [3.05, 3.63) is 69.7 Å². The molecule has 1 nitrogen and oxygen atoms in total. The fraction of sp³-hybridized carbons (Fsp3) is 0.200. The Hall–Kier alpha value is -1.45. The van der Waals surface area contributed by atoms with E-state index in [4.69, 9.17) is 11.6 Å². The van der Waals surface area contributed by atoms with Gasteiger partial charge in [-0.15, -0.1) is 0 Å². The van der Waals surface area contributed by atoms with Crippen molar-refractivity contribution in [2.24, 2.45) is 0 Å². The molecule has 0 aliphatic carbocycles. The molecule has 0 aliphatic heterocycles. The van der Waals surface area contributed by atoms with Crippen LogP contribution in [0.4, 0.5) is 8.78 Å². The fourth-order valence-corrected chi connectivity index (χ4v) is 2.35. The summed E-state index contributed by atoms with van der Waals surface area (Å²) in [5.74, 6) is -0.718. The van der Waals surface area contributed by atoms with Gasteiger partial charge in [-0.3, -0.25) is 0 Å². The minimum Gasteiger partial charge on any atom is -0.309 e. The zero-order valence-electron chi connectivity index (χ0n) is 10.7. The standard InChI is InChI=1S/C15H14ClF2N/c1-9-7-11(17)4-5-12(9)15(19-2)10-3-6-14(18)13(16)8-10/h3-8,15,19H,1-2H3. The number of rotatable bonds is 3. The molecule has 2 aromatic carbocycles. The van der Waals surface area contributed by atoms with E-state index in [1.807, 2.05) is 6.92 Å². The summed E-state index contributed by atoms with van der Waals surface area (Å²) in [4.78, 5) is 0. The lowest BCUT2D eigenvalue weighted by Crippen LogP contribution is -2.18. The van der Waals surface area contributed by atoms with Crippen LogP contribution in [0.15, 0.2) is 36.4 Å². The second-order valence-corrected chi connectivity index (χ2v) is 4.80. The van der Waals surface area contributed by atoms with Gasteiger partial charge >= 0.3 is 0 Å². The SMILES string of the molecule is CNC(c1ccc(F)c(Cl)c1)c1ccc(F)cc1C. The second-order valence-electron chi connectivity index (χ2n) is 4.40. The van der Waals surface area contributed by atoms with E-state index in [0.717, 1.165) is 16.7 Å². The van der Waals surface area contributed by atoms with Crippen LogP contribution in [-0.2, 0) is 0 Å². The Kier molecular flexibility index (Phi) is 4.17. The molecule has 1 unspecified atom stereocenters. The molecule has 0 heterocycles. The van der Waals surface area contributed by atoms with Crippen molar-refractivity contribution in [2.75, 3.05) is 7.05 Å². The number of hydrogen-bond acceptors (Lipinski definition) is 1. The zero-order chi connectivity index (χ0) is 14.0. The van der Waals surface area contributed by atoms with Crippen LogP contribution in [0.3, 0.4) is 0 Å². The van der Waals surface area contributed by atoms with Gasteiger partial charge < -0.3 is 5.32 Å². The van der Waals surface area contributed by atoms with E-state index < -0.39 is 5.82 Å². The van der Waals surface area contributed by atoms with Gasteiger partial charge in [0.2, 0.25) is 0 Å². The van der Waals surface area contributed by atoms with E-state index in [9.17, 15) is 8.78 Å². The van der Waals surface area contributed by atoms with Crippen molar-refractivity contribution in [2.45, 2.75) is 13.0 Å². The van der Waals surface area contributed by atoms with Crippen LogP contribution in [0.5, 0.6) is 0 Å². The Morgan fingerprint density at radius 1 is 1.11 bits per heavy atom. The van der Waals surface area contributed by atoms with Gasteiger partial charge in [0.05, 0.1) is 11.1 Å². The molecule has 1 atom stereocenters. The summed E-state index contributed by atoms with van der Waals surface area (Å²) in [5.41, 5.74) is 2.61. The van der Waals surface area contributed by atoms with Crippen molar-refractivity contribution in [1.29, 1.82) is 0 Å². The Bertz CT molecular complexity index is 599. The van der Waals surface area contributed by atoms with Gasteiger partial charge in [0.15, 0.2) is 0 Å². The highest BCUT2D eigenvalue weighted by Gasteiger charge is 2.16. The smallest absolute Gasteiger partial charge is 0.141 e. The van der Waals surface area contributed by atoms with E-state index in [1.54, 1.807) is 25.2 Å². The molecule has 1 N–H and O–H groups in total. The van der Waals surface area contributed by atoms with Crippen molar-refractivity contribution in [3.63, 3.8) is 0 Å². The van der Waals surface area contributed by atoms with Crippen molar-refractivity contribution >= 4 is 11.6 Å². The first-order valence-corrected chi connectivity index (χ1v) is 6.29. The van der Waals surface area contributed by atoms with E-state index in [-0.39, 0.29) is 16.9 Å². The third-order valence-corrected chi connectivity index (χ3v) is 3.40. The van der Waals surface area contributed by atoms with Gasteiger partial charge in [-0.05, 0) is 54.9 Å². The van der Waals surface area contributed by atoms with E-state index in [2.05, 4.69) is 5.32 Å². The van der Waals surface area contributed by atoms with Gasteiger partial charge in [0.1, 0.15) is 11.6 Å². The lowest BCUT2D eigenvalue weighted by atomic mass is 9.95. The van der Waals surface area contributed by atoms with Crippen LogP contribution in [0.25, 0.3) is 0 Å². The molecule has 0 radical (unpaired) electrons. The summed E-state index contributed by atoms with van der Waals surface area (Å²) in [7, 11) is 1.80. The normalized spacial score (nSPS) is 12.5. The third-order valence-electron chi connectivity index (χ3n) is 3.11. The third kappa shape index (κ3) is 2.94. The number of nitrogens with one attached hydrogen (secondary N) is 1. The molecule has 0 saturated heterocycles. The van der Waals surface area contributed by atoms with Gasteiger partial charge in [0.25, 0.3) is 0 Å². The van der Waals surface area contributed by atoms with Gasteiger partial charge in [-0.25, -0.2) is 8.78 Å². The van der Waals surface area contributed by atoms with Crippen LogP contribution < -0.4 is 5.32 Å². The Labute approximate surface area is 116 Å². The lowest BCUT2D eigenvalue weighted by molar-refractivity contribution is 0.618. The van der Waals surface area contributed by atoms with Gasteiger partial charge in [-0.2, -0.15) is 0 Å². The second kappa shape index (κ2) is 5.68. The number of halogens is 3. The molecule has 2 aromatic rings. The maximum absolute atomic E-state index is 13.2. The van der Waals surface area contributed by atoms with Crippen LogP contribution in [0.1, 0.15) is 22.7 Å². The van der Waals surface area contributed by atoms with Crippen LogP contribution in [0.2, 0.25) is 5.02 Å². The molecular weight excluding hydrogens is 268 g/mol. The molecule has 0 aromatic heterocycles. The topological polar surface area (TPSA) is 12.0 Å². The molecule has 0 amide bonds. The maximum Gasteiger partial charge on any atom is 0.141 e. The Morgan fingerprint density at radius 2 is 1.84 bits per heavy atom. The van der Waals surface area contributed by atoms with E-state index >= 15 is 0 Å². The Balaban J connectivity index is 2.46. The molecule has 0 saturated carbocycles. The lowest BCUT2D eigenvalue weighted by Gasteiger charge is -2.19. The molecular formula is C15H14ClF2N. The highest BCUT2D eigenvalue weighted by molar-refractivity contribution is 6.30. The average molecular weight is 282 g/mol. The monoisotopic (exact) mass is 281 g/mol. The van der Waals surface area contributed by atoms with Crippen LogP contribution >= 0.6 is 11.6 Å². The highest BCUT2D eigenvalue weighted by atomic mass is 35.5. The first kappa shape index (κ1) is 14.0. The minimum atomic E-state index is -0.448. The zero-order valence-corrected chi connectivity index (χ0v) is 11.4. The predicted octanol–water partition coefficient (Wildman–Crippen LogP) is 4.24. The van der Waals surface area contributed by atoms with Crippen LogP contribution in [-0.4, -0.2) is 7.05 Å². The minimum absolute atomic E-state index is 0.0810. The molecule has 0 bridgehead atoms. The number of hydrogen-bond donors (Lipinski definition) is 1. The van der Waals surface area contributed by atoms with Crippen molar-refractivity contribution in [1.82, 2.24) is 5.32 Å². The van der Waals surface area contributed by atoms with Crippen molar-refractivity contribution in [3.8, 4) is 0 Å². The van der Waals surface area contributed by atoms with Crippen LogP contribution in [0, 0.1) is 18.6 Å². The summed E-state index contributed by atoms with van der Waals surface area (Å²) < 4.78 is 26.3. The molecule has 2 rings (SSSR count). The molecule has 4 heteroatoms. The number of benzene rings is 2. The summed E-state index contributed by atoms with van der Waals surface area (Å²) in [6.45, 7) is 1.84. The van der Waals surface area contributed by atoms with E-state index in [1.165, 1.54) is 18.2 Å². The summed E-state index contributed by atoms with van der Waals surface area (Å²) in [6, 6.07) is 9.05. The largest absolute Gasteiger partial charge is 0.309 e. The van der Waals surface area contributed by atoms with Gasteiger partial charge in [-0.1, -0.05) is 23.7 Å². The molecule has 100 valence electrons. The highest BCUT2D eigenvalue weighted by Crippen LogP contribution is 2.28. The quantitative estimate of drug-likeness (QED) is 0.887.